The third-order valence-electron chi connectivity index (χ3n) is 6.44. The zero-order valence-electron chi connectivity index (χ0n) is 20.5. The van der Waals surface area contributed by atoms with Gasteiger partial charge >= 0.3 is 6.18 Å². The van der Waals surface area contributed by atoms with Gasteiger partial charge in [-0.1, -0.05) is 31.5 Å². The van der Waals surface area contributed by atoms with Gasteiger partial charge in [0.2, 0.25) is 0 Å². The normalized spacial score (nSPS) is 12.9. The highest BCUT2D eigenvalue weighted by Crippen LogP contribution is 2.39. The first-order valence-electron chi connectivity index (χ1n) is 12.0. The molecule has 2 heterocycles. The van der Waals surface area contributed by atoms with E-state index in [2.05, 4.69) is 4.98 Å². The maximum absolute atomic E-state index is 14.7. The summed E-state index contributed by atoms with van der Waals surface area (Å²) < 4.78 is 54.8. The Hall–Kier alpha value is -3.00. The fourth-order valence-electron chi connectivity index (χ4n) is 4.21. The van der Waals surface area contributed by atoms with Crippen molar-refractivity contribution in [2.45, 2.75) is 51.1 Å². The summed E-state index contributed by atoms with van der Waals surface area (Å²) in [6.07, 6.45) is -1.31. The number of alkyl halides is 3. The van der Waals surface area contributed by atoms with Gasteiger partial charge in [0.15, 0.2) is 0 Å². The number of anilines is 1. The molecule has 1 unspecified atom stereocenters. The van der Waals surface area contributed by atoms with E-state index >= 15 is 0 Å². The Morgan fingerprint density at radius 1 is 1.08 bits per heavy atom. The number of aryl methyl sites for hydroxylation is 2. The lowest BCUT2D eigenvalue weighted by atomic mass is 10.1. The standard InChI is InChI=1S/C28H29F4N3S/c1-4-19-14-25-22(15-23(19)29)26(33)27(35(25)20-9-7-17(2)8-10-20)24-12-11-21(16-34-24)36-13-5-6-18(3)28(30,31)32/h7-12,14-16,18H,4-6,13,33H2,1-3H3. The van der Waals surface area contributed by atoms with Crippen molar-refractivity contribution in [2.24, 2.45) is 5.92 Å². The number of benzene rings is 2. The molecule has 0 amide bonds. The largest absolute Gasteiger partial charge is 0.396 e. The van der Waals surface area contributed by atoms with Crippen molar-refractivity contribution in [3.05, 3.63) is 71.7 Å². The second-order valence-corrected chi connectivity index (χ2v) is 10.2. The zero-order valence-corrected chi connectivity index (χ0v) is 21.3. The van der Waals surface area contributed by atoms with Crippen LogP contribution in [0.2, 0.25) is 0 Å². The molecule has 3 nitrogen and oxygen atoms in total. The predicted molar refractivity (Wildman–Crippen MR) is 140 cm³/mol. The van der Waals surface area contributed by atoms with E-state index < -0.39 is 12.1 Å². The molecule has 2 N–H and O–H groups in total. The summed E-state index contributed by atoms with van der Waals surface area (Å²) >= 11 is 1.48. The summed E-state index contributed by atoms with van der Waals surface area (Å²) in [6, 6.07) is 15.1. The number of hydrogen-bond donors (Lipinski definition) is 1. The molecule has 0 aliphatic rings. The van der Waals surface area contributed by atoms with Gasteiger partial charge in [-0.2, -0.15) is 13.2 Å². The van der Waals surface area contributed by atoms with E-state index in [1.54, 1.807) is 6.20 Å². The molecule has 0 aliphatic heterocycles. The van der Waals surface area contributed by atoms with E-state index in [1.807, 2.05) is 60.9 Å². The highest BCUT2D eigenvalue weighted by molar-refractivity contribution is 7.99. The van der Waals surface area contributed by atoms with Gasteiger partial charge in [0, 0.05) is 22.2 Å². The van der Waals surface area contributed by atoms with E-state index in [-0.39, 0.29) is 12.2 Å². The van der Waals surface area contributed by atoms with Gasteiger partial charge in [0.25, 0.3) is 0 Å². The van der Waals surface area contributed by atoms with Crippen LogP contribution in [0.1, 0.15) is 37.8 Å². The van der Waals surface area contributed by atoms with Gasteiger partial charge in [-0.15, -0.1) is 11.8 Å². The van der Waals surface area contributed by atoms with Gasteiger partial charge in [-0.3, -0.25) is 4.98 Å². The van der Waals surface area contributed by atoms with E-state index in [4.69, 9.17) is 5.73 Å². The first-order valence-corrected chi connectivity index (χ1v) is 12.9. The minimum Gasteiger partial charge on any atom is -0.396 e. The minimum atomic E-state index is -4.15. The fraction of sp³-hybridized carbons (Fsp3) is 0.321. The van der Waals surface area contributed by atoms with E-state index in [9.17, 15) is 17.6 Å². The summed E-state index contributed by atoms with van der Waals surface area (Å²) in [5.41, 5.74) is 11.8. The van der Waals surface area contributed by atoms with E-state index in [1.165, 1.54) is 24.8 Å². The number of pyridine rings is 1. The van der Waals surface area contributed by atoms with Gasteiger partial charge in [0.1, 0.15) is 5.82 Å². The van der Waals surface area contributed by atoms with Crippen molar-refractivity contribution in [1.29, 1.82) is 0 Å². The van der Waals surface area contributed by atoms with Crippen LogP contribution in [0, 0.1) is 18.7 Å². The summed E-state index contributed by atoms with van der Waals surface area (Å²) in [5.74, 6) is -1.01. The van der Waals surface area contributed by atoms with Crippen LogP contribution >= 0.6 is 11.8 Å². The maximum atomic E-state index is 14.7. The van der Waals surface area contributed by atoms with Crippen LogP contribution in [0.4, 0.5) is 23.2 Å². The molecule has 0 aliphatic carbocycles. The number of rotatable bonds is 8. The van der Waals surface area contributed by atoms with Crippen LogP contribution in [-0.4, -0.2) is 21.5 Å². The second-order valence-electron chi connectivity index (χ2n) is 9.06. The van der Waals surface area contributed by atoms with E-state index in [0.29, 0.717) is 46.6 Å². The molecule has 0 bridgehead atoms. The smallest absolute Gasteiger partial charge is 0.391 e. The van der Waals surface area contributed by atoms with Crippen LogP contribution < -0.4 is 5.73 Å². The van der Waals surface area contributed by atoms with Crippen LogP contribution in [0.25, 0.3) is 28.0 Å². The molecule has 0 radical (unpaired) electrons. The molecule has 36 heavy (non-hydrogen) atoms. The van der Waals surface area contributed by atoms with E-state index in [0.717, 1.165) is 21.7 Å². The molecule has 0 fully saturated rings. The number of halogens is 4. The van der Waals surface area contributed by atoms with Crippen molar-refractivity contribution >= 4 is 28.4 Å². The molecule has 2 aromatic carbocycles. The second kappa shape index (κ2) is 10.5. The van der Waals surface area contributed by atoms with Crippen molar-refractivity contribution in [3.63, 3.8) is 0 Å². The van der Waals surface area contributed by atoms with Crippen molar-refractivity contribution in [3.8, 4) is 17.1 Å². The Labute approximate surface area is 212 Å². The fourth-order valence-corrected chi connectivity index (χ4v) is 5.05. The molecule has 8 heteroatoms. The number of nitrogen functional groups attached to an aromatic ring is 1. The number of nitrogens with zero attached hydrogens (tertiary/aromatic N) is 2. The average molecular weight is 516 g/mol. The Morgan fingerprint density at radius 3 is 2.42 bits per heavy atom. The van der Waals surface area contributed by atoms with Gasteiger partial charge in [0.05, 0.1) is 28.5 Å². The van der Waals surface area contributed by atoms with Gasteiger partial charge < -0.3 is 10.3 Å². The highest BCUT2D eigenvalue weighted by atomic mass is 32.2. The topological polar surface area (TPSA) is 43.8 Å². The van der Waals surface area contributed by atoms with Gasteiger partial charge in [-0.25, -0.2) is 4.39 Å². The molecule has 1 atom stereocenters. The third-order valence-corrected chi connectivity index (χ3v) is 7.50. The van der Waals surface area contributed by atoms with Crippen LogP contribution in [0.3, 0.4) is 0 Å². The quantitative estimate of drug-likeness (QED) is 0.146. The molecular weight excluding hydrogens is 486 g/mol. The number of aromatic nitrogens is 2. The average Bonchev–Trinajstić information content (AvgIpc) is 3.12. The monoisotopic (exact) mass is 515 g/mol. The Morgan fingerprint density at radius 2 is 1.81 bits per heavy atom. The SMILES string of the molecule is CCc1cc2c(cc1F)c(N)c(-c1ccc(SCCCC(C)C(F)(F)F)cn1)n2-c1ccc(C)cc1. The predicted octanol–water partition coefficient (Wildman–Crippen LogP) is 8.36. The third kappa shape index (κ3) is 5.38. The molecule has 0 saturated carbocycles. The number of hydrogen-bond acceptors (Lipinski definition) is 3. The van der Waals surface area contributed by atoms with Crippen molar-refractivity contribution < 1.29 is 17.6 Å². The summed E-state index contributed by atoms with van der Waals surface area (Å²) in [7, 11) is 0. The first-order chi connectivity index (χ1) is 17.1. The number of thioether (sulfide) groups is 1. The van der Waals surface area contributed by atoms with Crippen LogP contribution in [0.15, 0.2) is 59.6 Å². The Kier molecular flexibility index (Phi) is 7.64. The number of nitrogens with two attached hydrogens (primary N) is 1. The molecule has 190 valence electrons. The summed E-state index contributed by atoms with van der Waals surface area (Å²) in [5, 5.41) is 0.624. The zero-order chi connectivity index (χ0) is 26.0. The number of fused-ring (bicyclic) bond motifs is 1. The molecular formula is C28H29F4N3S. The van der Waals surface area contributed by atoms with Crippen molar-refractivity contribution in [1.82, 2.24) is 9.55 Å². The summed E-state index contributed by atoms with van der Waals surface area (Å²) in [4.78, 5) is 5.50. The molecule has 0 saturated heterocycles. The maximum Gasteiger partial charge on any atom is 0.391 e. The lowest BCUT2D eigenvalue weighted by molar-refractivity contribution is -0.171. The molecule has 2 aromatic heterocycles. The van der Waals surface area contributed by atoms with Gasteiger partial charge in [-0.05, 0) is 73.9 Å². The first kappa shape index (κ1) is 26.1. The molecule has 4 rings (SSSR count). The van der Waals surface area contributed by atoms with Crippen LogP contribution in [-0.2, 0) is 6.42 Å². The van der Waals surface area contributed by atoms with Crippen LogP contribution in [0.5, 0.6) is 0 Å². The Bertz CT molecular complexity index is 1340. The summed E-state index contributed by atoms with van der Waals surface area (Å²) in [6.45, 7) is 5.14. The lowest BCUT2D eigenvalue weighted by Crippen LogP contribution is -2.19. The minimum absolute atomic E-state index is 0.103. The van der Waals surface area contributed by atoms with Crippen molar-refractivity contribution in [2.75, 3.05) is 11.5 Å². The molecule has 4 aromatic rings. The Balaban J connectivity index is 1.67. The highest BCUT2D eigenvalue weighted by Gasteiger charge is 2.35. The molecule has 0 spiro atoms. The lowest BCUT2D eigenvalue weighted by Gasteiger charge is -2.15.